The highest BCUT2D eigenvalue weighted by molar-refractivity contribution is 5.97. The number of esters is 2. The molecule has 2 atom stereocenters. The van der Waals surface area contributed by atoms with Crippen molar-refractivity contribution in [2.45, 2.75) is 45.2 Å². The SMILES string of the molecule is CC.COC(=O)[C@H](C/C=C/CC[C@H](NC(=O)c1ccccc1)C(=O)OC)NC(=O)c1ccccc1. The Labute approximate surface area is 206 Å². The minimum atomic E-state index is -0.854. The molecule has 0 radical (unpaired) electrons. The number of hydrogen-bond acceptors (Lipinski definition) is 6. The summed E-state index contributed by atoms with van der Waals surface area (Å²) in [5.74, 6) is -1.86. The van der Waals surface area contributed by atoms with Crippen LogP contribution in [0.1, 0.15) is 53.8 Å². The number of amides is 2. The summed E-state index contributed by atoms with van der Waals surface area (Å²) in [6, 6.07) is 15.5. The zero-order chi connectivity index (χ0) is 26.1. The topological polar surface area (TPSA) is 111 Å². The molecule has 0 fully saturated rings. The molecule has 0 saturated carbocycles. The average Bonchev–Trinajstić information content (AvgIpc) is 2.92. The lowest BCUT2D eigenvalue weighted by Crippen LogP contribution is -2.41. The van der Waals surface area contributed by atoms with E-state index in [0.29, 0.717) is 24.0 Å². The van der Waals surface area contributed by atoms with Gasteiger partial charge in [-0.1, -0.05) is 62.4 Å². The van der Waals surface area contributed by atoms with Gasteiger partial charge in [0.15, 0.2) is 0 Å². The van der Waals surface area contributed by atoms with Gasteiger partial charge in [0.2, 0.25) is 0 Å². The molecule has 2 amide bonds. The number of benzene rings is 2. The van der Waals surface area contributed by atoms with Crippen LogP contribution in [0.4, 0.5) is 0 Å². The minimum Gasteiger partial charge on any atom is -0.467 e. The standard InChI is InChI=1S/C25H28N2O6.C2H6/c1-32-24(30)20(26-22(28)18-12-6-3-7-13-18)16-10-5-11-17-21(25(31)33-2)27-23(29)19-14-8-4-9-15-19;1-2/h3-10,12-15,20-21H,11,16-17H2,1-2H3,(H,26,28)(H,27,29);1-2H3/b10-5+;/t20-,21-;/m0./s1. The van der Waals surface area contributed by atoms with Gasteiger partial charge >= 0.3 is 11.9 Å². The highest BCUT2D eigenvalue weighted by Crippen LogP contribution is 2.07. The van der Waals surface area contributed by atoms with Crippen LogP contribution < -0.4 is 10.6 Å². The first-order chi connectivity index (χ1) is 17.0. The molecule has 8 nitrogen and oxygen atoms in total. The molecule has 0 aliphatic carbocycles. The molecular weight excluding hydrogens is 448 g/mol. The molecule has 8 heteroatoms. The highest BCUT2D eigenvalue weighted by atomic mass is 16.5. The summed E-state index contributed by atoms with van der Waals surface area (Å²) >= 11 is 0. The van der Waals surface area contributed by atoms with Gasteiger partial charge in [0.25, 0.3) is 11.8 Å². The van der Waals surface area contributed by atoms with Crippen molar-refractivity contribution in [3.05, 3.63) is 83.9 Å². The van der Waals surface area contributed by atoms with Crippen LogP contribution >= 0.6 is 0 Å². The fourth-order valence-electron chi connectivity index (χ4n) is 3.02. The van der Waals surface area contributed by atoms with E-state index in [4.69, 9.17) is 9.47 Å². The molecule has 0 aromatic heterocycles. The quantitative estimate of drug-likeness (QED) is 0.373. The number of rotatable bonds is 11. The monoisotopic (exact) mass is 482 g/mol. The maximum atomic E-state index is 12.4. The van der Waals surface area contributed by atoms with E-state index >= 15 is 0 Å². The van der Waals surface area contributed by atoms with Crippen molar-refractivity contribution in [1.82, 2.24) is 10.6 Å². The van der Waals surface area contributed by atoms with Gasteiger partial charge in [0, 0.05) is 11.1 Å². The summed E-state index contributed by atoms with van der Waals surface area (Å²) in [4.78, 5) is 48.8. The first kappa shape index (κ1) is 29.1. The summed E-state index contributed by atoms with van der Waals surface area (Å²) in [5, 5.41) is 5.34. The molecule has 0 aliphatic heterocycles. The summed E-state index contributed by atoms with van der Waals surface area (Å²) in [6.07, 6.45) is 4.45. The molecule has 35 heavy (non-hydrogen) atoms. The van der Waals surface area contributed by atoms with Crippen LogP contribution in [-0.2, 0) is 19.1 Å². The minimum absolute atomic E-state index is 0.213. The number of carbonyl (C=O) groups is 4. The lowest BCUT2D eigenvalue weighted by atomic mass is 10.1. The van der Waals surface area contributed by atoms with Crippen molar-refractivity contribution in [2.24, 2.45) is 0 Å². The van der Waals surface area contributed by atoms with E-state index in [1.165, 1.54) is 14.2 Å². The largest absolute Gasteiger partial charge is 0.467 e. The summed E-state index contributed by atoms with van der Waals surface area (Å²) in [5.41, 5.74) is 0.877. The average molecular weight is 483 g/mol. The number of allylic oxidation sites excluding steroid dienone is 1. The maximum absolute atomic E-state index is 12.4. The van der Waals surface area contributed by atoms with Gasteiger partial charge in [-0.25, -0.2) is 9.59 Å². The number of carbonyl (C=O) groups excluding carboxylic acids is 4. The maximum Gasteiger partial charge on any atom is 0.328 e. The molecule has 0 aliphatic rings. The van der Waals surface area contributed by atoms with Crippen molar-refractivity contribution >= 4 is 23.8 Å². The number of methoxy groups -OCH3 is 2. The van der Waals surface area contributed by atoms with Crippen LogP contribution in [0, 0.1) is 0 Å². The smallest absolute Gasteiger partial charge is 0.328 e. The highest BCUT2D eigenvalue weighted by Gasteiger charge is 2.22. The predicted octanol–water partition coefficient (Wildman–Crippen LogP) is 3.68. The summed E-state index contributed by atoms with van der Waals surface area (Å²) in [6.45, 7) is 4.00. The molecule has 2 aromatic carbocycles. The van der Waals surface area contributed by atoms with Gasteiger partial charge in [-0.3, -0.25) is 9.59 Å². The predicted molar refractivity (Wildman–Crippen MR) is 134 cm³/mol. The Morgan fingerprint density at radius 3 is 1.60 bits per heavy atom. The second-order valence-electron chi connectivity index (χ2n) is 7.11. The lowest BCUT2D eigenvalue weighted by molar-refractivity contribution is -0.143. The fraction of sp³-hybridized carbons (Fsp3) is 0.333. The Kier molecular flexibility index (Phi) is 13.8. The van der Waals surface area contributed by atoms with Gasteiger partial charge in [0.1, 0.15) is 12.1 Å². The Hall–Kier alpha value is -3.94. The van der Waals surface area contributed by atoms with E-state index in [1.807, 2.05) is 13.8 Å². The van der Waals surface area contributed by atoms with Gasteiger partial charge in [-0.05, 0) is 43.5 Å². The van der Waals surface area contributed by atoms with E-state index in [1.54, 1.807) is 72.8 Å². The zero-order valence-electron chi connectivity index (χ0n) is 20.7. The van der Waals surface area contributed by atoms with E-state index in [-0.39, 0.29) is 18.2 Å². The third kappa shape index (κ3) is 10.2. The van der Waals surface area contributed by atoms with Crippen LogP contribution in [0.25, 0.3) is 0 Å². The van der Waals surface area contributed by atoms with Gasteiger partial charge in [0.05, 0.1) is 14.2 Å². The molecule has 0 bridgehead atoms. The molecule has 0 heterocycles. The first-order valence-electron chi connectivity index (χ1n) is 11.5. The molecule has 2 rings (SSSR count). The summed E-state index contributed by atoms with van der Waals surface area (Å²) < 4.78 is 9.57. The van der Waals surface area contributed by atoms with Gasteiger partial charge in [-0.15, -0.1) is 0 Å². The molecule has 2 aromatic rings. The Morgan fingerprint density at radius 1 is 0.714 bits per heavy atom. The second-order valence-corrected chi connectivity index (χ2v) is 7.11. The zero-order valence-corrected chi connectivity index (χ0v) is 20.7. The number of nitrogens with one attached hydrogen (secondary N) is 2. The van der Waals surface area contributed by atoms with Crippen LogP contribution in [0.5, 0.6) is 0 Å². The Morgan fingerprint density at radius 2 is 1.14 bits per heavy atom. The Bertz CT molecular complexity index is 960. The molecule has 188 valence electrons. The number of ether oxygens (including phenoxy) is 2. The van der Waals surface area contributed by atoms with E-state index in [0.717, 1.165) is 0 Å². The third-order valence-corrected chi connectivity index (χ3v) is 4.81. The van der Waals surface area contributed by atoms with Crippen molar-refractivity contribution in [3.8, 4) is 0 Å². The van der Waals surface area contributed by atoms with Crippen LogP contribution in [0.2, 0.25) is 0 Å². The van der Waals surface area contributed by atoms with Gasteiger partial charge < -0.3 is 20.1 Å². The molecular formula is C27H34N2O6. The second kappa shape index (κ2) is 16.6. The van der Waals surface area contributed by atoms with E-state index < -0.39 is 24.0 Å². The molecule has 0 unspecified atom stereocenters. The Balaban J connectivity index is 0.00000298. The fourth-order valence-corrected chi connectivity index (χ4v) is 3.02. The molecule has 0 spiro atoms. The lowest BCUT2D eigenvalue weighted by Gasteiger charge is -2.16. The van der Waals surface area contributed by atoms with Crippen LogP contribution in [0.15, 0.2) is 72.8 Å². The van der Waals surface area contributed by atoms with Crippen LogP contribution in [-0.4, -0.2) is 50.1 Å². The van der Waals surface area contributed by atoms with Crippen LogP contribution in [0.3, 0.4) is 0 Å². The first-order valence-corrected chi connectivity index (χ1v) is 11.5. The van der Waals surface area contributed by atoms with E-state index in [9.17, 15) is 19.2 Å². The van der Waals surface area contributed by atoms with E-state index in [2.05, 4.69) is 10.6 Å². The summed E-state index contributed by atoms with van der Waals surface area (Å²) in [7, 11) is 2.51. The van der Waals surface area contributed by atoms with Crippen molar-refractivity contribution in [2.75, 3.05) is 14.2 Å². The number of hydrogen-bond donors (Lipinski definition) is 2. The third-order valence-electron chi connectivity index (χ3n) is 4.81. The normalized spacial score (nSPS) is 11.9. The van der Waals surface area contributed by atoms with Crippen molar-refractivity contribution in [3.63, 3.8) is 0 Å². The van der Waals surface area contributed by atoms with Crippen molar-refractivity contribution in [1.29, 1.82) is 0 Å². The molecule has 0 saturated heterocycles. The van der Waals surface area contributed by atoms with Gasteiger partial charge in [-0.2, -0.15) is 0 Å². The molecule has 2 N–H and O–H groups in total. The van der Waals surface area contributed by atoms with Crippen molar-refractivity contribution < 1.29 is 28.7 Å².